The van der Waals surface area contributed by atoms with Crippen LogP contribution in [0.15, 0.2) is 42.5 Å². The van der Waals surface area contributed by atoms with Gasteiger partial charge in [0.15, 0.2) is 0 Å². The van der Waals surface area contributed by atoms with Gasteiger partial charge >= 0.3 is 5.97 Å². The van der Waals surface area contributed by atoms with Gasteiger partial charge in [-0.15, -0.1) is 0 Å². The van der Waals surface area contributed by atoms with Crippen LogP contribution in [0, 0.1) is 5.92 Å². The van der Waals surface area contributed by atoms with E-state index in [4.69, 9.17) is 16.3 Å². The summed E-state index contributed by atoms with van der Waals surface area (Å²) < 4.78 is 4.70. The number of anilines is 1. The van der Waals surface area contributed by atoms with E-state index in [1.54, 1.807) is 18.2 Å². The van der Waals surface area contributed by atoms with E-state index in [0.29, 0.717) is 17.2 Å². The van der Waals surface area contributed by atoms with Gasteiger partial charge in [-0.2, -0.15) is 0 Å². The van der Waals surface area contributed by atoms with Crippen molar-refractivity contribution >= 4 is 29.2 Å². The molecule has 1 atom stereocenters. The molecule has 1 amide bonds. The molecular formula is C20H21ClN2O3. The molecule has 1 fully saturated rings. The van der Waals surface area contributed by atoms with Gasteiger partial charge in [0.1, 0.15) is 0 Å². The van der Waals surface area contributed by atoms with Gasteiger partial charge in [0.25, 0.3) is 5.91 Å². The number of esters is 1. The van der Waals surface area contributed by atoms with Crippen LogP contribution in [0.1, 0.15) is 32.7 Å². The summed E-state index contributed by atoms with van der Waals surface area (Å²) in [4.78, 5) is 24.3. The number of ether oxygens (including phenoxy) is 1. The lowest BCUT2D eigenvalue weighted by molar-refractivity contribution is 0.0600. The third kappa shape index (κ3) is 4.42. The van der Waals surface area contributed by atoms with Crippen molar-refractivity contribution < 1.29 is 14.3 Å². The lowest BCUT2D eigenvalue weighted by Crippen LogP contribution is -2.14. The van der Waals surface area contributed by atoms with E-state index in [1.165, 1.54) is 13.2 Å². The van der Waals surface area contributed by atoms with Crippen LogP contribution < -0.4 is 10.6 Å². The van der Waals surface area contributed by atoms with Crippen LogP contribution in [0.2, 0.25) is 5.02 Å². The first-order valence-electron chi connectivity index (χ1n) is 8.55. The summed E-state index contributed by atoms with van der Waals surface area (Å²) in [5.41, 5.74) is 2.44. The molecule has 2 N–H and O–H groups in total. The van der Waals surface area contributed by atoms with Crippen molar-refractivity contribution in [2.45, 2.75) is 12.8 Å². The van der Waals surface area contributed by atoms with Crippen LogP contribution in [0.4, 0.5) is 5.69 Å². The first-order chi connectivity index (χ1) is 12.6. The van der Waals surface area contributed by atoms with Crippen molar-refractivity contribution in [2.75, 3.05) is 25.5 Å². The molecule has 5 nitrogen and oxygen atoms in total. The fraction of sp³-hybridized carbons (Fsp3) is 0.300. The largest absolute Gasteiger partial charge is 0.465 e. The Morgan fingerprint density at radius 3 is 2.85 bits per heavy atom. The van der Waals surface area contributed by atoms with E-state index >= 15 is 0 Å². The number of carbonyl (C=O) groups is 2. The molecule has 1 aliphatic heterocycles. The Hall–Kier alpha value is -2.37. The van der Waals surface area contributed by atoms with Gasteiger partial charge in [-0.3, -0.25) is 4.79 Å². The van der Waals surface area contributed by atoms with Crippen LogP contribution in [-0.4, -0.2) is 32.1 Å². The fourth-order valence-electron chi connectivity index (χ4n) is 3.13. The van der Waals surface area contributed by atoms with Gasteiger partial charge in [-0.25, -0.2) is 4.79 Å². The highest BCUT2D eigenvalue weighted by Crippen LogP contribution is 2.22. The molecule has 1 aliphatic rings. The first kappa shape index (κ1) is 18.4. The van der Waals surface area contributed by atoms with Crippen LogP contribution in [0.5, 0.6) is 0 Å². The quantitative estimate of drug-likeness (QED) is 0.788. The number of amides is 1. The first-order valence-corrected chi connectivity index (χ1v) is 8.93. The Morgan fingerprint density at radius 1 is 1.27 bits per heavy atom. The van der Waals surface area contributed by atoms with Crippen molar-refractivity contribution in [1.29, 1.82) is 0 Å². The minimum absolute atomic E-state index is 0.217. The van der Waals surface area contributed by atoms with E-state index < -0.39 is 5.97 Å². The highest BCUT2D eigenvalue weighted by atomic mass is 35.5. The summed E-state index contributed by atoms with van der Waals surface area (Å²) in [5, 5.41) is 6.45. The van der Waals surface area contributed by atoms with Gasteiger partial charge in [0.2, 0.25) is 0 Å². The molecule has 2 aromatic rings. The maximum atomic E-state index is 12.6. The second-order valence-electron chi connectivity index (χ2n) is 6.40. The number of methoxy groups -OCH3 is 1. The average molecular weight is 373 g/mol. The zero-order valence-corrected chi connectivity index (χ0v) is 15.3. The van der Waals surface area contributed by atoms with E-state index in [-0.39, 0.29) is 16.5 Å². The SMILES string of the molecule is COC(=O)c1cc(NC(=O)c2cccc(CC3CCNC3)c2)ccc1Cl. The molecule has 1 heterocycles. The smallest absolute Gasteiger partial charge is 0.339 e. The molecule has 0 radical (unpaired) electrons. The number of rotatable bonds is 5. The number of carbonyl (C=O) groups excluding carboxylic acids is 2. The van der Waals surface area contributed by atoms with Crippen molar-refractivity contribution in [3.8, 4) is 0 Å². The molecule has 0 aromatic heterocycles. The molecule has 1 unspecified atom stereocenters. The van der Waals surface area contributed by atoms with Crippen molar-refractivity contribution in [3.63, 3.8) is 0 Å². The molecule has 26 heavy (non-hydrogen) atoms. The Labute approximate surface area is 157 Å². The molecule has 0 bridgehead atoms. The number of halogens is 1. The van der Waals surface area contributed by atoms with Gasteiger partial charge in [-0.05, 0) is 67.7 Å². The standard InChI is InChI=1S/C20H21ClN2O3/c1-26-20(25)17-11-16(5-6-18(17)21)23-19(24)15-4-2-3-13(10-15)9-14-7-8-22-12-14/h2-6,10-11,14,22H,7-9,12H2,1H3,(H,23,24). The molecule has 2 aromatic carbocycles. The summed E-state index contributed by atoms with van der Waals surface area (Å²) >= 11 is 6.01. The van der Waals surface area contributed by atoms with E-state index in [1.807, 2.05) is 18.2 Å². The zero-order chi connectivity index (χ0) is 18.5. The zero-order valence-electron chi connectivity index (χ0n) is 14.5. The predicted octanol–water partition coefficient (Wildman–Crippen LogP) is 3.53. The Kier molecular flexibility index (Phi) is 5.91. The minimum atomic E-state index is -0.543. The second kappa shape index (κ2) is 8.34. The number of nitrogens with one attached hydrogen (secondary N) is 2. The highest BCUT2D eigenvalue weighted by molar-refractivity contribution is 6.33. The number of hydrogen-bond donors (Lipinski definition) is 2. The lowest BCUT2D eigenvalue weighted by Gasteiger charge is -2.11. The van der Waals surface area contributed by atoms with Crippen LogP contribution in [-0.2, 0) is 11.2 Å². The molecule has 0 aliphatic carbocycles. The number of hydrogen-bond acceptors (Lipinski definition) is 4. The fourth-order valence-corrected chi connectivity index (χ4v) is 3.33. The second-order valence-corrected chi connectivity index (χ2v) is 6.81. The van der Waals surface area contributed by atoms with Gasteiger partial charge < -0.3 is 15.4 Å². The minimum Gasteiger partial charge on any atom is -0.465 e. The molecule has 3 rings (SSSR count). The third-order valence-electron chi connectivity index (χ3n) is 4.51. The highest BCUT2D eigenvalue weighted by Gasteiger charge is 2.16. The van der Waals surface area contributed by atoms with Gasteiger partial charge in [0, 0.05) is 11.3 Å². The average Bonchev–Trinajstić information content (AvgIpc) is 3.16. The maximum absolute atomic E-state index is 12.6. The summed E-state index contributed by atoms with van der Waals surface area (Å²) in [6.07, 6.45) is 2.12. The number of benzene rings is 2. The molecule has 0 spiro atoms. The Bertz CT molecular complexity index is 816. The van der Waals surface area contributed by atoms with Crippen LogP contribution >= 0.6 is 11.6 Å². The predicted molar refractivity (Wildman–Crippen MR) is 102 cm³/mol. The monoisotopic (exact) mass is 372 g/mol. The van der Waals surface area contributed by atoms with E-state index in [9.17, 15) is 9.59 Å². The normalized spacial score (nSPS) is 16.3. The van der Waals surface area contributed by atoms with Crippen LogP contribution in [0.25, 0.3) is 0 Å². The molecule has 0 saturated carbocycles. The summed E-state index contributed by atoms with van der Waals surface area (Å²) in [7, 11) is 1.29. The molecular weight excluding hydrogens is 352 g/mol. The third-order valence-corrected chi connectivity index (χ3v) is 4.84. The van der Waals surface area contributed by atoms with Crippen molar-refractivity contribution in [2.24, 2.45) is 5.92 Å². The summed E-state index contributed by atoms with van der Waals surface area (Å²) in [6.45, 7) is 2.08. The lowest BCUT2D eigenvalue weighted by atomic mass is 9.97. The van der Waals surface area contributed by atoms with Crippen LogP contribution in [0.3, 0.4) is 0 Å². The molecule has 6 heteroatoms. The van der Waals surface area contributed by atoms with Crippen molar-refractivity contribution in [3.05, 3.63) is 64.2 Å². The Balaban J connectivity index is 1.72. The maximum Gasteiger partial charge on any atom is 0.339 e. The van der Waals surface area contributed by atoms with Gasteiger partial charge in [-0.1, -0.05) is 23.7 Å². The van der Waals surface area contributed by atoms with Gasteiger partial charge in [0.05, 0.1) is 17.7 Å². The van der Waals surface area contributed by atoms with E-state index in [2.05, 4.69) is 10.6 Å². The molecule has 1 saturated heterocycles. The van der Waals surface area contributed by atoms with Crippen molar-refractivity contribution in [1.82, 2.24) is 5.32 Å². The van der Waals surface area contributed by atoms with E-state index in [0.717, 1.165) is 31.5 Å². The Morgan fingerprint density at radius 2 is 2.12 bits per heavy atom. The molecule has 136 valence electrons. The summed E-state index contributed by atoms with van der Waals surface area (Å²) in [5.74, 6) is -0.153. The topological polar surface area (TPSA) is 67.4 Å². The summed E-state index contributed by atoms with van der Waals surface area (Å²) in [6, 6.07) is 12.4.